The number of rotatable bonds is 3. The molecule has 13 fully saturated rings. The van der Waals surface area contributed by atoms with E-state index in [9.17, 15) is 0 Å². The fourth-order valence-corrected chi connectivity index (χ4v) is 18.3. The number of ether oxygens (including phenoxy) is 1. The Hall–Kier alpha value is 0.380. The maximum Gasteiger partial charge on any atom is 0.300 e. The van der Waals surface area contributed by atoms with Crippen molar-refractivity contribution in [3.63, 3.8) is 0 Å². The van der Waals surface area contributed by atoms with Crippen LogP contribution in [0.1, 0.15) is 130 Å². The van der Waals surface area contributed by atoms with Crippen molar-refractivity contribution < 1.29 is 22.3 Å². The van der Waals surface area contributed by atoms with Gasteiger partial charge in [0.15, 0.2) is 0 Å². The summed E-state index contributed by atoms with van der Waals surface area (Å²) in [5.41, 5.74) is -3.23. The molecule has 236 valence electrons. The Labute approximate surface area is 258 Å². The van der Waals surface area contributed by atoms with Gasteiger partial charge in [0.05, 0.1) is 27.8 Å². The van der Waals surface area contributed by atoms with E-state index in [1.54, 1.807) is 0 Å². The predicted octanol–water partition coefficient (Wildman–Crippen LogP) is 10.7. The van der Waals surface area contributed by atoms with Gasteiger partial charge in [-0.25, -0.2) is 0 Å². The average molecular weight is 627 g/mol. The minimum atomic E-state index is -3.17. The topological polar surface area (TPSA) is 9.23 Å². The Bertz CT molecular complexity index is 1170. The first-order valence-electron chi connectivity index (χ1n) is 17.3. The van der Waals surface area contributed by atoms with Crippen molar-refractivity contribution in [3.8, 4) is 0 Å². The van der Waals surface area contributed by atoms with Crippen molar-refractivity contribution in [1.82, 2.24) is 0 Å². The van der Waals surface area contributed by atoms with Gasteiger partial charge >= 0.3 is 10.5 Å². The monoisotopic (exact) mass is 626 g/mol. The minimum absolute atomic E-state index is 0.0484. The molecule has 42 heavy (non-hydrogen) atoms. The summed E-state index contributed by atoms with van der Waals surface area (Å²) < 4.78 is 73.6. The molecular weight excluding hydrogens is 577 g/mol. The summed E-state index contributed by atoms with van der Waals surface area (Å²) in [4.78, 5) is 0. The van der Waals surface area contributed by atoms with E-state index >= 15 is 17.6 Å². The van der Waals surface area contributed by atoms with Gasteiger partial charge in [-0.1, -0.05) is 44.3 Å². The highest BCUT2D eigenvalue weighted by molar-refractivity contribution is 8.02. The Balaban J connectivity index is 1.10. The van der Waals surface area contributed by atoms with Crippen molar-refractivity contribution in [3.05, 3.63) is 0 Å². The summed E-state index contributed by atoms with van der Waals surface area (Å²) in [6, 6.07) is 0. The summed E-state index contributed by atoms with van der Waals surface area (Å²) in [7, 11) is 0. The summed E-state index contributed by atoms with van der Waals surface area (Å²) in [5, 5.41) is -6.29. The molecule has 6 heterocycles. The summed E-state index contributed by atoms with van der Waals surface area (Å²) in [5.74, 6) is 2.18. The van der Waals surface area contributed by atoms with Crippen molar-refractivity contribution in [1.29, 1.82) is 0 Å². The predicted molar refractivity (Wildman–Crippen MR) is 162 cm³/mol. The van der Waals surface area contributed by atoms with Crippen LogP contribution >= 0.6 is 23.5 Å². The van der Waals surface area contributed by atoms with Gasteiger partial charge in [0.1, 0.15) is 0 Å². The molecule has 0 aromatic heterocycles. The van der Waals surface area contributed by atoms with E-state index in [4.69, 9.17) is 4.74 Å². The molecule has 6 aliphatic heterocycles. The van der Waals surface area contributed by atoms with Crippen molar-refractivity contribution in [2.75, 3.05) is 6.61 Å². The third-order valence-corrected chi connectivity index (χ3v) is 20.0. The molecule has 0 amide bonds. The largest absolute Gasteiger partial charge is 0.373 e. The molecule has 10 bridgehead atoms. The van der Waals surface area contributed by atoms with Crippen LogP contribution in [0.3, 0.4) is 0 Å². The van der Waals surface area contributed by atoms with E-state index in [0.29, 0.717) is 55.5 Å². The van der Waals surface area contributed by atoms with Gasteiger partial charge in [-0.05, 0) is 150 Å². The molecule has 0 aromatic rings. The molecule has 0 N–H and O–H groups in total. The average Bonchev–Trinajstić information content (AvgIpc) is 2.90. The van der Waals surface area contributed by atoms with Gasteiger partial charge in [0.2, 0.25) is 0 Å². The van der Waals surface area contributed by atoms with Gasteiger partial charge in [-0.3, -0.25) is 0 Å². The Morgan fingerprint density at radius 2 is 1.21 bits per heavy atom. The standard InChI is InChI=1S/C35H50F4OS2/c1-22-23-15-27(3)16-24(22)18-29(17-23,20-27)25-19-31(8-7-28(25,4)41-35(31,38)39)30-9-13-33(14-10-30,42-34(30,36)37)32-11-5-26(2,6-12-32)21-40-32/h22-25H,5-21H2,1-4H3. The highest BCUT2D eigenvalue weighted by Crippen LogP contribution is 2.86. The van der Waals surface area contributed by atoms with E-state index in [2.05, 4.69) is 27.7 Å². The van der Waals surface area contributed by atoms with Crippen LogP contribution in [0.15, 0.2) is 0 Å². The fraction of sp³-hybridized carbons (Fsp3) is 1.00. The number of thioether (sulfide) groups is 2. The van der Waals surface area contributed by atoms with Crippen LogP contribution in [0, 0.1) is 50.7 Å². The highest BCUT2D eigenvalue weighted by Gasteiger charge is 2.85. The molecule has 5 atom stereocenters. The van der Waals surface area contributed by atoms with Gasteiger partial charge in [-0.2, -0.15) is 17.6 Å². The molecule has 0 radical (unpaired) electrons. The third kappa shape index (κ3) is 3.13. The van der Waals surface area contributed by atoms with Crippen LogP contribution in [-0.4, -0.2) is 32.2 Å². The van der Waals surface area contributed by atoms with E-state index in [1.165, 1.54) is 12.8 Å². The summed E-state index contributed by atoms with van der Waals surface area (Å²) in [6.07, 6.45) is 12.7. The molecule has 5 unspecified atom stereocenters. The first-order chi connectivity index (χ1) is 19.5. The van der Waals surface area contributed by atoms with Crippen LogP contribution in [0.5, 0.6) is 0 Å². The quantitative estimate of drug-likeness (QED) is 0.289. The zero-order chi connectivity index (χ0) is 29.5. The van der Waals surface area contributed by atoms with E-state index in [-0.39, 0.29) is 36.0 Å². The lowest BCUT2D eigenvalue weighted by Gasteiger charge is -2.75. The number of hydrogen-bond donors (Lipinski definition) is 0. The molecule has 0 spiro atoms. The fourth-order valence-electron chi connectivity index (χ4n) is 14.5. The summed E-state index contributed by atoms with van der Waals surface area (Å²) >= 11 is 1.68. The van der Waals surface area contributed by atoms with Crippen LogP contribution < -0.4 is 0 Å². The molecular formula is C35H50F4OS2. The van der Waals surface area contributed by atoms with Gasteiger partial charge < -0.3 is 4.74 Å². The molecule has 7 aliphatic carbocycles. The Morgan fingerprint density at radius 1 is 0.619 bits per heavy atom. The lowest BCUT2D eigenvalue weighted by Crippen LogP contribution is -2.75. The Kier molecular flexibility index (Phi) is 5.38. The van der Waals surface area contributed by atoms with Gasteiger partial charge in [0, 0.05) is 4.75 Å². The maximum absolute atomic E-state index is 17.2. The SMILES string of the molecule is CC1C2CC3(C)CC1CC(C1CC4(C56CCC(C78CCC(C)(CC7)CO8)(CC5)SC6(F)F)CCC1(C)SC4(F)F)(C2)C3. The zero-order valence-electron chi connectivity index (χ0n) is 26.1. The number of hydrogen-bond acceptors (Lipinski definition) is 3. The van der Waals surface area contributed by atoms with Crippen molar-refractivity contribution >= 4 is 23.5 Å². The van der Waals surface area contributed by atoms with Crippen LogP contribution in [0.2, 0.25) is 0 Å². The van der Waals surface area contributed by atoms with Crippen molar-refractivity contribution in [2.24, 2.45) is 50.7 Å². The molecule has 13 aliphatic rings. The number of fused-ring (bicyclic) bond motifs is 9. The van der Waals surface area contributed by atoms with Gasteiger partial charge in [-0.15, -0.1) is 0 Å². The first-order valence-corrected chi connectivity index (χ1v) is 18.9. The molecule has 6 saturated heterocycles. The lowest BCUT2D eigenvalue weighted by molar-refractivity contribution is -0.276. The van der Waals surface area contributed by atoms with Gasteiger partial charge in [0.25, 0.3) is 0 Å². The molecule has 7 saturated carbocycles. The zero-order valence-corrected chi connectivity index (χ0v) is 27.7. The van der Waals surface area contributed by atoms with Crippen LogP contribution in [-0.2, 0) is 4.74 Å². The van der Waals surface area contributed by atoms with E-state index in [0.717, 1.165) is 68.5 Å². The van der Waals surface area contributed by atoms with Crippen LogP contribution in [0.4, 0.5) is 17.6 Å². The first kappa shape index (κ1) is 28.6. The molecule has 0 aromatic carbocycles. The second-order valence-electron chi connectivity index (χ2n) is 18.6. The molecule has 7 heteroatoms. The second kappa shape index (κ2) is 7.91. The van der Waals surface area contributed by atoms with Crippen LogP contribution in [0.25, 0.3) is 0 Å². The Morgan fingerprint density at radius 3 is 1.76 bits per heavy atom. The number of alkyl halides is 4. The molecule has 13 rings (SSSR count). The summed E-state index contributed by atoms with van der Waals surface area (Å²) in [6.45, 7) is 9.92. The normalized spacial score (nSPS) is 63.4. The number of halogens is 4. The second-order valence-corrected chi connectivity index (χ2v) is 21.8. The van der Waals surface area contributed by atoms with Crippen molar-refractivity contribution in [2.45, 2.75) is 156 Å². The molecule has 1 nitrogen and oxygen atoms in total. The minimum Gasteiger partial charge on any atom is -0.373 e. The lowest BCUT2D eigenvalue weighted by atomic mass is 9.36. The van der Waals surface area contributed by atoms with E-state index < -0.39 is 36.4 Å². The maximum atomic E-state index is 17.2. The highest BCUT2D eigenvalue weighted by atomic mass is 32.2. The third-order valence-electron chi connectivity index (χ3n) is 16.6. The smallest absolute Gasteiger partial charge is 0.300 e. The van der Waals surface area contributed by atoms with E-state index in [1.807, 2.05) is 0 Å².